The molecule has 0 aromatic heterocycles. The Morgan fingerprint density at radius 2 is 1.87 bits per heavy atom. The average Bonchev–Trinajstić information content (AvgIpc) is 2.56. The molecule has 6 heteroatoms. The molecular formula is C17H16F2O4. The highest BCUT2D eigenvalue weighted by atomic mass is 19.1. The SMILES string of the molecule is COC(=O)Cc1ccc(OCC(O)c2cc(F)ccc2F)cc1. The lowest BCUT2D eigenvalue weighted by atomic mass is 10.1. The minimum Gasteiger partial charge on any atom is -0.491 e. The van der Waals surface area contributed by atoms with Crippen LogP contribution in [0.25, 0.3) is 0 Å². The van der Waals surface area contributed by atoms with E-state index in [-0.39, 0.29) is 24.6 Å². The molecule has 0 heterocycles. The molecule has 1 atom stereocenters. The van der Waals surface area contributed by atoms with Gasteiger partial charge in [0.25, 0.3) is 0 Å². The van der Waals surface area contributed by atoms with Gasteiger partial charge in [-0.3, -0.25) is 4.79 Å². The highest BCUT2D eigenvalue weighted by Gasteiger charge is 2.14. The lowest BCUT2D eigenvalue weighted by Gasteiger charge is -2.14. The maximum atomic E-state index is 13.5. The van der Waals surface area contributed by atoms with Gasteiger partial charge in [0, 0.05) is 5.56 Å². The van der Waals surface area contributed by atoms with Gasteiger partial charge in [-0.1, -0.05) is 12.1 Å². The van der Waals surface area contributed by atoms with Crippen LogP contribution < -0.4 is 4.74 Å². The summed E-state index contributed by atoms with van der Waals surface area (Å²) in [5.41, 5.74) is 0.591. The monoisotopic (exact) mass is 322 g/mol. The lowest BCUT2D eigenvalue weighted by molar-refractivity contribution is -0.139. The predicted octanol–water partition coefficient (Wildman–Crippen LogP) is 2.79. The Bertz CT molecular complexity index is 671. The lowest BCUT2D eigenvalue weighted by Crippen LogP contribution is -2.11. The number of halogens is 2. The Morgan fingerprint density at radius 3 is 2.52 bits per heavy atom. The number of aliphatic hydroxyl groups excluding tert-OH is 1. The minimum absolute atomic E-state index is 0.147. The van der Waals surface area contributed by atoms with Crippen LogP contribution in [-0.2, 0) is 16.0 Å². The Kier molecular flexibility index (Phi) is 5.65. The van der Waals surface area contributed by atoms with Crippen LogP contribution in [0.15, 0.2) is 42.5 Å². The van der Waals surface area contributed by atoms with Crippen molar-refractivity contribution < 1.29 is 28.2 Å². The fourth-order valence-corrected chi connectivity index (χ4v) is 1.98. The molecular weight excluding hydrogens is 306 g/mol. The van der Waals surface area contributed by atoms with E-state index in [1.54, 1.807) is 24.3 Å². The number of aliphatic hydroxyl groups is 1. The molecule has 2 aromatic rings. The number of esters is 1. The van der Waals surface area contributed by atoms with Crippen molar-refractivity contribution in [2.24, 2.45) is 0 Å². The number of rotatable bonds is 6. The fraction of sp³-hybridized carbons (Fsp3) is 0.235. The van der Waals surface area contributed by atoms with E-state index in [2.05, 4.69) is 4.74 Å². The van der Waals surface area contributed by atoms with Crippen molar-refractivity contribution in [3.05, 3.63) is 65.2 Å². The summed E-state index contributed by atoms with van der Waals surface area (Å²) < 4.78 is 36.5. The van der Waals surface area contributed by atoms with Crippen LogP contribution in [0.1, 0.15) is 17.2 Å². The summed E-state index contributed by atoms with van der Waals surface area (Å²) in [7, 11) is 1.31. The Morgan fingerprint density at radius 1 is 1.17 bits per heavy atom. The molecule has 0 spiro atoms. The van der Waals surface area contributed by atoms with Crippen molar-refractivity contribution in [2.75, 3.05) is 13.7 Å². The molecule has 0 bridgehead atoms. The maximum Gasteiger partial charge on any atom is 0.309 e. The molecule has 23 heavy (non-hydrogen) atoms. The second-order valence-electron chi connectivity index (χ2n) is 4.89. The van der Waals surface area contributed by atoms with Crippen molar-refractivity contribution in [3.63, 3.8) is 0 Å². The van der Waals surface area contributed by atoms with E-state index >= 15 is 0 Å². The van der Waals surface area contributed by atoms with E-state index < -0.39 is 17.7 Å². The Hall–Kier alpha value is -2.47. The van der Waals surface area contributed by atoms with Crippen molar-refractivity contribution in [1.82, 2.24) is 0 Å². The Balaban J connectivity index is 1.95. The molecule has 1 unspecified atom stereocenters. The molecule has 0 aliphatic rings. The predicted molar refractivity (Wildman–Crippen MR) is 79.0 cm³/mol. The number of hydrogen-bond donors (Lipinski definition) is 1. The van der Waals surface area contributed by atoms with E-state index in [0.29, 0.717) is 5.75 Å². The van der Waals surface area contributed by atoms with Crippen LogP contribution >= 0.6 is 0 Å². The molecule has 2 aromatic carbocycles. The quantitative estimate of drug-likeness (QED) is 0.831. The van der Waals surface area contributed by atoms with Gasteiger partial charge in [-0.05, 0) is 35.9 Å². The number of carbonyl (C=O) groups is 1. The van der Waals surface area contributed by atoms with Gasteiger partial charge in [-0.15, -0.1) is 0 Å². The third-order valence-electron chi connectivity index (χ3n) is 3.22. The smallest absolute Gasteiger partial charge is 0.309 e. The number of benzene rings is 2. The largest absolute Gasteiger partial charge is 0.491 e. The minimum atomic E-state index is -1.29. The first kappa shape index (κ1) is 16.9. The molecule has 0 fully saturated rings. The highest BCUT2D eigenvalue weighted by Crippen LogP contribution is 2.20. The first-order chi connectivity index (χ1) is 11.0. The molecule has 0 saturated carbocycles. The summed E-state index contributed by atoms with van der Waals surface area (Å²) in [6.07, 6.45) is -1.14. The van der Waals surface area contributed by atoms with Gasteiger partial charge in [-0.2, -0.15) is 0 Å². The fourth-order valence-electron chi connectivity index (χ4n) is 1.98. The van der Waals surface area contributed by atoms with E-state index in [1.807, 2.05) is 0 Å². The standard InChI is InChI=1S/C17H16F2O4/c1-22-17(21)8-11-2-5-13(6-3-11)23-10-16(20)14-9-12(18)4-7-15(14)19/h2-7,9,16,20H,8,10H2,1H3. The van der Waals surface area contributed by atoms with Crippen molar-refractivity contribution >= 4 is 5.97 Å². The zero-order valence-corrected chi connectivity index (χ0v) is 12.5. The van der Waals surface area contributed by atoms with Crippen molar-refractivity contribution in [2.45, 2.75) is 12.5 Å². The van der Waals surface area contributed by atoms with Crippen molar-refractivity contribution in [1.29, 1.82) is 0 Å². The average molecular weight is 322 g/mol. The molecule has 2 rings (SSSR count). The molecule has 1 N–H and O–H groups in total. The Labute approximate surface area is 132 Å². The highest BCUT2D eigenvalue weighted by molar-refractivity contribution is 5.72. The zero-order chi connectivity index (χ0) is 16.8. The zero-order valence-electron chi connectivity index (χ0n) is 12.5. The van der Waals surface area contributed by atoms with E-state index in [1.165, 1.54) is 7.11 Å². The molecule has 4 nitrogen and oxygen atoms in total. The van der Waals surface area contributed by atoms with Crippen LogP contribution in [0.4, 0.5) is 8.78 Å². The van der Waals surface area contributed by atoms with E-state index in [4.69, 9.17) is 4.74 Å². The normalized spacial score (nSPS) is 11.8. The van der Waals surface area contributed by atoms with Crippen LogP contribution in [0.5, 0.6) is 5.75 Å². The third-order valence-corrected chi connectivity index (χ3v) is 3.22. The summed E-state index contributed by atoms with van der Waals surface area (Å²) in [6.45, 7) is -0.225. The van der Waals surface area contributed by atoms with E-state index in [9.17, 15) is 18.7 Å². The summed E-state index contributed by atoms with van der Waals surface area (Å²) in [4.78, 5) is 11.1. The molecule has 0 aliphatic carbocycles. The molecule has 0 amide bonds. The van der Waals surface area contributed by atoms with E-state index in [0.717, 1.165) is 23.8 Å². The van der Waals surface area contributed by atoms with Crippen molar-refractivity contribution in [3.8, 4) is 5.75 Å². The number of methoxy groups -OCH3 is 1. The summed E-state index contributed by atoms with van der Waals surface area (Å²) >= 11 is 0. The first-order valence-corrected chi connectivity index (χ1v) is 6.91. The van der Waals surface area contributed by atoms with Gasteiger partial charge >= 0.3 is 5.97 Å². The first-order valence-electron chi connectivity index (χ1n) is 6.91. The summed E-state index contributed by atoms with van der Waals surface area (Å²) in [6, 6.07) is 9.47. The van der Waals surface area contributed by atoms with Crippen LogP contribution in [-0.4, -0.2) is 24.8 Å². The second-order valence-corrected chi connectivity index (χ2v) is 4.89. The van der Waals surface area contributed by atoms with Gasteiger partial charge in [0.2, 0.25) is 0 Å². The topological polar surface area (TPSA) is 55.8 Å². The van der Waals surface area contributed by atoms with Gasteiger partial charge in [0.1, 0.15) is 30.1 Å². The number of ether oxygens (including phenoxy) is 2. The third kappa shape index (κ3) is 4.75. The van der Waals surface area contributed by atoms with Crippen LogP contribution in [0.3, 0.4) is 0 Å². The van der Waals surface area contributed by atoms with Gasteiger partial charge in [0.15, 0.2) is 0 Å². The summed E-state index contributed by atoms with van der Waals surface area (Å²) in [5.74, 6) is -1.24. The molecule has 0 radical (unpaired) electrons. The van der Waals surface area contributed by atoms with Crippen LogP contribution in [0.2, 0.25) is 0 Å². The number of carbonyl (C=O) groups excluding carboxylic acids is 1. The van der Waals surface area contributed by atoms with Gasteiger partial charge in [0.05, 0.1) is 13.5 Å². The van der Waals surface area contributed by atoms with Gasteiger partial charge in [-0.25, -0.2) is 8.78 Å². The number of hydrogen-bond acceptors (Lipinski definition) is 4. The molecule has 0 aliphatic heterocycles. The molecule has 0 saturated heterocycles. The van der Waals surface area contributed by atoms with Crippen LogP contribution in [0, 0.1) is 11.6 Å². The maximum absolute atomic E-state index is 13.5. The summed E-state index contributed by atoms with van der Waals surface area (Å²) in [5, 5.41) is 9.90. The van der Waals surface area contributed by atoms with Gasteiger partial charge < -0.3 is 14.6 Å². The molecule has 122 valence electrons. The second kappa shape index (κ2) is 7.69.